The molecule has 0 spiro atoms. The normalized spacial score (nSPS) is 14.6. The van der Waals surface area contributed by atoms with Gasteiger partial charge in [0.25, 0.3) is 0 Å². The third-order valence-corrected chi connectivity index (χ3v) is 6.58. The zero-order valence-corrected chi connectivity index (χ0v) is 15.4. The maximum atomic E-state index is 13.6. The molecule has 0 aliphatic carbocycles. The predicted molar refractivity (Wildman–Crippen MR) is 94.4 cm³/mol. The number of aryl methyl sites for hydroxylation is 2. The zero-order valence-electron chi connectivity index (χ0n) is 14.6. The van der Waals surface area contributed by atoms with Gasteiger partial charge >= 0.3 is 0 Å². The van der Waals surface area contributed by atoms with Gasteiger partial charge in [0.1, 0.15) is 10.7 Å². The number of hydrogen-bond acceptors (Lipinski definition) is 5. The zero-order chi connectivity index (χ0) is 18.5. The highest BCUT2D eigenvalue weighted by molar-refractivity contribution is 7.91. The summed E-state index contributed by atoms with van der Waals surface area (Å²) < 4.78 is 41.8. The quantitative estimate of drug-likeness (QED) is 0.761. The van der Waals surface area contributed by atoms with E-state index in [9.17, 15) is 12.8 Å². The monoisotopic (exact) mass is 374 g/mol. The smallest absolute Gasteiger partial charge is 0.212 e. The molecule has 0 saturated heterocycles. The van der Waals surface area contributed by atoms with Crippen molar-refractivity contribution in [3.8, 4) is 0 Å². The van der Waals surface area contributed by atoms with Crippen LogP contribution >= 0.6 is 0 Å². The molecule has 4 rings (SSSR count). The Morgan fingerprint density at radius 1 is 1.35 bits per heavy atom. The van der Waals surface area contributed by atoms with E-state index < -0.39 is 15.7 Å². The van der Waals surface area contributed by atoms with E-state index in [-0.39, 0.29) is 9.79 Å². The molecular weight excluding hydrogens is 355 g/mol. The first kappa shape index (κ1) is 17.1. The highest BCUT2D eigenvalue weighted by Gasteiger charge is 2.30. The first-order valence-corrected chi connectivity index (χ1v) is 10.0. The number of nitrogens with one attached hydrogen (secondary N) is 1. The van der Waals surface area contributed by atoms with Gasteiger partial charge in [0.05, 0.1) is 16.3 Å². The Hall–Kier alpha value is -2.32. The largest absolute Gasteiger partial charge is 0.312 e. The Balaban J connectivity index is 2.05. The third kappa shape index (κ3) is 2.52. The highest BCUT2D eigenvalue weighted by atomic mass is 32.2. The minimum atomic E-state index is -3.93. The van der Waals surface area contributed by atoms with E-state index in [2.05, 4.69) is 15.4 Å². The van der Waals surface area contributed by atoms with Crippen LogP contribution in [0.1, 0.15) is 29.6 Å². The second-order valence-electron chi connectivity index (χ2n) is 6.37. The van der Waals surface area contributed by atoms with Gasteiger partial charge in [-0.05, 0) is 31.5 Å². The number of halogens is 1. The molecular formula is C18H19FN4O2S. The summed E-state index contributed by atoms with van der Waals surface area (Å²) in [7, 11) is -3.93. The van der Waals surface area contributed by atoms with Crippen LogP contribution in [-0.4, -0.2) is 29.6 Å². The maximum absolute atomic E-state index is 13.6. The molecule has 1 aliphatic rings. The number of nitrogens with zero attached hydrogens (tertiary/aromatic N) is 3. The highest BCUT2D eigenvalue weighted by Crippen LogP contribution is 2.30. The summed E-state index contributed by atoms with van der Waals surface area (Å²) in [5.41, 5.74) is 3.61. The Bertz CT molecular complexity index is 1120. The van der Waals surface area contributed by atoms with Crippen LogP contribution in [0.5, 0.6) is 0 Å². The number of benzene rings is 1. The van der Waals surface area contributed by atoms with Crippen LogP contribution in [0.15, 0.2) is 34.1 Å². The molecule has 0 amide bonds. The topological polar surface area (TPSA) is 76.4 Å². The van der Waals surface area contributed by atoms with Crippen LogP contribution in [0.4, 0.5) is 4.39 Å². The fraction of sp³-hybridized carbons (Fsp3) is 0.333. The number of aromatic nitrogens is 3. The first-order chi connectivity index (χ1) is 12.4. The van der Waals surface area contributed by atoms with Crippen LogP contribution < -0.4 is 5.32 Å². The molecule has 0 unspecified atom stereocenters. The van der Waals surface area contributed by atoms with Crippen molar-refractivity contribution in [1.29, 1.82) is 0 Å². The van der Waals surface area contributed by atoms with Crippen LogP contribution in [-0.2, 0) is 29.2 Å². The average Bonchev–Trinajstić information content (AvgIpc) is 3.01. The summed E-state index contributed by atoms with van der Waals surface area (Å²) >= 11 is 0. The van der Waals surface area contributed by atoms with E-state index in [1.54, 1.807) is 4.52 Å². The molecule has 8 heteroatoms. The van der Waals surface area contributed by atoms with E-state index >= 15 is 0 Å². The fourth-order valence-corrected chi connectivity index (χ4v) is 5.08. The van der Waals surface area contributed by atoms with Gasteiger partial charge in [0.15, 0.2) is 5.65 Å². The maximum Gasteiger partial charge on any atom is 0.212 e. The second-order valence-corrected chi connectivity index (χ2v) is 8.26. The molecule has 1 N–H and O–H groups in total. The first-order valence-electron chi connectivity index (χ1n) is 8.54. The molecule has 0 radical (unpaired) electrons. The number of fused-ring (bicyclic) bond motifs is 3. The van der Waals surface area contributed by atoms with Crippen LogP contribution in [0, 0.1) is 12.7 Å². The summed E-state index contributed by atoms with van der Waals surface area (Å²) in [6.45, 7) is 5.23. The lowest BCUT2D eigenvalue weighted by molar-refractivity contribution is 0.590. The lowest BCUT2D eigenvalue weighted by Gasteiger charge is -2.19. The van der Waals surface area contributed by atoms with Gasteiger partial charge in [-0.2, -0.15) is 5.10 Å². The number of rotatable bonds is 3. The third-order valence-electron chi connectivity index (χ3n) is 4.75. The lowest BCUT2D eigenvalue weighted by atomic mass is 10.1. The summed E-state index contributed by atoms with van der Waals surface area (Å²) in [6, 6.07) is 5.05. The van der Waals surface area contributed by atoms with Gasteiger partial charge in [-0.1, -0.05) is 13.0 Å². The van der Waals surface area contributed by atoms with Crippen molar-refractivity contribution < 1.29 is 12.8 Å². The molecule has 1 aromatic carbocycles. The van der Waals surface area contributed by atoms with E-state index in [0.29, 0.717) is 24.3 Å². The van der Waals surface area contributed by atoms with Gasteiger partial charge < -0.3 is 5.32 Å². The standard InChI is InChI=1S/C18H19FN4O2S/c1-3-15-17(26(24,25)13-6-4-5-12(19)9-13)18-21-11(2)14-10-20-8-7-16(14)23(18)22-15/h4-6,9,20H,3,7-8,10H2,1-2H3. The summed E-state index contributed by atoms with van der Waals surface area (Å²) in [5, 5.41) is 7.86. The number of hydrogen-bond donors (Lipinski definition) is 1. The number of sulfone groups is 1. The minimum absolute atomic E-state index is 0.0787. The lowest BCUT2D eigenvalue weighted by Crippen LogP contribution is -2.27. The van der Waals surface area contributed by atoms with Gasteiger partial charge in [-0.25, -0.2) is 22.3 Å². The summed E-state index contributed by atoms with van der Waals surface area (Å²) in [5.74, 6) is -0.590. The van der Waals surface area contributed by atoms with E-state index in [0.717, 1.165) is 36.0 Å². The predicted octanol–water partition coefficient (Wildman–Crippen LogP) is 2.22. The van der Waals surface area contributed by atoms with Crippen molar-refractivity contribution in [3.63, 3.8) is 0 Å². The van der Waals surface area contributed by atoms with Crippen LogP contribution in [0.3, 0.4) is 0 Å². The molecule has 136 valence electrons. The van der Waals surface area contributed by atoms with E-state index in [1.165, 1.54) is 18.2 Å². The van der Waals surface area contributed by atoms with Crippen molar-refractivity contribution in [3.05, 3.63) is 52.7 Å². The van der Waals surface area contributed by atoms with Crippen molar-refractivity contribution in [2.45, 2.75) is 43.0 Å². The van der Waals surface area contributed by atoms with E-state index in [4.69, 9.17) is 0 Å². The second kappa shape index (κ2) is 6.14. The van der Waals surface area contributed by atoms with Crippen molar-refractivity contribution in [2.75, 3.05) is 6.54 Å². The molecule has 3 heterocycles. The molecule has 0 atom stereocenters. The minimum Gasteiger partial charge on any atom is -0.312 e. The SMILES string of the molecule is CCc1nn2c3c(c(C)nc2c1S(=O)(=O)c1cccc(F)c1)CNCC3. The van der Waals surface area contributed by atoms with Gasteiger partial charge in [0, 0.05) is 30.8 Å². The van der Waals surface area contributed by atoms with E-state index in [1.807, 2.05) is 13.8 Å². The molecule has 0 fully saturated rings. The Morgan fingerprint density at radius 2 is 2.15 bits per heavy atom. The van der Waals surface area contributed by atoms with Crippen LogP contribution in [0.25, 0.3) is 5.65 Å². The Kier molecular flexibility index (Phi) is 4.04. The Labute approximate surface area is 151 Å². The molecule has 6 nitrogen and oxygen atoms in total. The summed E-state index contributed by atoms with van der Waals surface area (Å²) in [4.78, 5) is 4.56. The average molecular weight is 374 g/mol. The van der Waals surface area contributed by atoms with Crippen molar-refractivity contribution in [2.24, 2.45) is 0 Å². The van der Waals surface area contributed by atoms with Gasteiger partial charge in [-0.15, -0.1) is 0 Å². The molecule has 2 aromatic heterocycles. The molecule has 3 aromatic rings. The molecule has 0 saturated carbocycles. The molecule has 0 bridgehead atoms. The van der Waals surface area contributed by atoms with Crippen LogP contribution in [0.2, 0.25) is 0 Å². The molecule has 26 heavy (non-hydrogen) atoms. The van der Waals surface area contributed by atoms with Crippen molar-refractivity contribution in [1.82, 2.24) is 19.9 Å². The van der Waals surface area contributed by atoms with Crippen molar-refractivity contribution >= 4 is 15.5 Å². The fourth-order valence-electron chi connectivity index (χ4n) is 3.45. The molecule has 1 aliphatic heterocycles. The van der Waals surface area contributed by atoms with Gasteiger partial charge in [0.2, 0.25) is 9.84 Å². The van der Waals surface area contributed by atoms with Gasteiger partial charge in [-0.3, -0.25) is 0 Å². The summed E-state index contributed by atoms with van der Waals surface area (Å²) in [6.07, 6.45) is 1.19. The Morgan fingerprint density at radius 3 is 2.88 bits per heavy atom.